The minimum absolute atomic E-state index is 0.198. The summed E-state index contributed by atoms with van der Waals surface area (Å²) in [5, 5.41) is 28.5. The van der Waals surface area contributed by atoms with Crippen molar-refractivity contribution in [3.05, 3.63) is 72.3 Å². The number of carboxylic acids is 1. The highest BCUT2D eigenvalue weighted by Gasteiger charge is 2.01. The van der Waals surface area contributed by atoms with Gasteiger partial charge in [0.25, 0.3) is 0 Å². The second kappa shape index (κ2) is 6.43. The molecular formula is C17H14O4. The zero-order valence-corrected chi connectivity index (χ0v) is 11.1. The third-order valence-electron chi connectivity index (χ3n) is 2.90. The molecule has 0 aromatic heterocycles. The van der Waals surface area contributed by atoms with Gasteiger partial charge in [-0.3, -0.25) is 0 Å². The molecule has 3 aromatic carbocycles. The van der Waals surface area contributed by atoms with E-state index >= 15 is 0 Å². The van der Waals surface area contributed by atoms with Gasteiger partial charge in [-0.05, 0) is 24.3 Å². The molecule has 4 nitrogen and oxygen atoms in total. The first-order valence-corrected chi connectivity index (χ1v) is 6.27. The van der Waals surface area contributed by atoms with E-state index in [1.165, 1.54) is 12.1 Å². The molecule has 21 heavy (non-hydrogen) atoms. The van der Waals surface area contributed by atoms with E-state index in [0.717, 1.165) is 0 Å². The summed E-state index contributed by atoms with van der Waals surface area (Å²) >= 11 is 0. The Hall–Kier alpha value is -3.01. The van der Waals surface area contributed by atoms with Gasteiger partial charge >= 0.3 is 5.97 Å². The summed E-state index contributed by atoms with van der Waals surface area (Å²) in [6.07, 6.45) is 0. The van der Waals surface area contributed by atoms with Crippen LogP contribution in [-0.2, 0) is 0 Å². The second-order valence-corrected chi connectivity index (χ2v) is 4.32. The number of aromatic carboxylic acids is 1. The Morgan fingerprint density at radius 2 is 1.10 bits per heavy atom. The minimum Gasteiger partial charge on any atom is -0.507 e. The molecule has 0 saturated carbocycles. The van der Waals surface area contributed by atoms with Crippen LogP contribution < -0.4 is 0 Å². The number of fused-ring (bicyclic) bond motifs is 1. The van der Waals surface area contributed by atoms with Crippen LogP contribution in [-0.4, -0.2) is 21.3 Å². The lowest BCUT2D eigenvalue weighted by Gasteiger charge is -2.01. The molecule has 0 saturated heterocycles. The number of hydrogen-bond donors (Lipinski definition) is 3. The van der Waals surface area contributed by atoms with Crippen molar-refractivity contribution in [1.82, 2.24) is 0 Å². The average Bonchev–Trinajstić information content (AvgIpc) is 2.53. The van der Waals surface area contributed by atoms with Crippen LogP contribution in [0, 0.1) is 0 Å². The van der Waals surface area contributed by atoms with Crippen LogP contribution in [0.4, 0.5) is 0 Å². The van der Waals surface area contributed by atoms with Gasteiger partial charge in [0.15, 0.2) is 0 Å². The largest absolute Gasteiger partial charge is 0.507 e. The Morgan fingerprint density at radius 1 is 0.667 bits per heavy atom. The molecule has 0 aliphatic rings. The number of phenols is 2. The summed E-state index contributed by atoms with van der Waals surface area (Å²) in [5.41, 5.74) is 0.331. The highest BCUT2D eigenvalue weighted by Crippen LogP contribution is 2.30. The van der Waals surface area contributed by atoms with Gasteiger partial charge in [-0.2, -0.15) is 0 Å². The summed E-state index contributed by atoms with van der Waals surface area (Å²) in [7, 11) is 0. The Balaban J connectivity index is 0.000000161. The van der Waals surface area contributed by atoms with Crippen molar-refractivity contribution in [3.63, 3.8) is 0 Å². The minimum atomic E-state index is -0.879. The number of rotatable bonds is 1. The van der Waals surface area contributed by atoms with Gasteiger partial charge in [0.1, 0.15) is 11.5 Å². The van der Waals surface area contributed by atoms with Gasteiger partial charge in [0, 0.05) is 10.8 Å². The monoisotopic (exact) mass is 282 g/mol. The van der Waals surface area contributed by atoms with E-state index in [1.54, 1.807) is 42.5 Å². The lowest BCUT2D eigenvalue weighted by Crippen LogP contribution is -1.93. The fourth-order valence-corrected chi connectivity index (χ4v) is 1.85. The van der Waals surface area contributed by atoms with Gasteiger partial charge in [0.05, 0.1) is 5.56 Å². The van der Waals surface area contributed by atoms with E-state index in [2.05, 4.69) is 0 Å². The predicted molar refractivity (Wildman–Crippen MR) is 80.7 cm³/mol. The fourth-order valence-electron chi connectivity index (χ4n) is 1.85. The molecule has 0 aliphatic carbocycles. The Bertz CT molecular complexity index is 711. The third kappa shape index (κ3) is 3.51. The first-order chi connectivity index (χ1) is 10.1. The second-order valence-electron chi connectivity index (χ2n) is 4.32. The van der Waals surface area contributed by atoms with Crippen LogP contribution in [0.5, 0.6) is 11.5 Å². The lowest BCUT2D eigenvalue weighted by molar-refractivity contribution is 0.0697. The standard InChI is InChI=1S/C10H8O2.C7H6O2/c11-9-5-6-10(12)8-4-2-1-3-7(8)9;8-7(9)6-4-2-1-3-5-6/h1-6,11-12H;1-5H,(H,8,9). The van der Waals surface area contributed by atoms with Gasteiger partial charge < -0.3 is 15.3 Å². The molecule has 3 N–H and O–H groups in total. The summed E-state index contributed by atoms with van der Waals surface area (Å²) in [5.74, 6) is -0.484. The molecule has 0 unspecified atom stereocenters. The van der Waals surface area contributed by atoms with Crippen LogP contribution in [0.1, 0.15) is 10.4 Å². The van der Waals surface area contributed by atoms with E-state index in [0.29, 0.717) is 16.3 Å². The number of carboxylic acid groups (broad SMARTS) is 1. The Kier molecular flexibility index (Phi) is 4.41. The van der Waals surface area contributed by atoms with Gasteiger partial charge in [-0.25, -0.2) is 4.79 Å². The maximum absolute atomic E-state index is 10.2. The summed E-state index contributed by atoms with van der Waals surface area (Å²) in [6.45, 7) is 0. The maximum Gasteiger partial charge on any atom is 0.335 e. The number of phenolic OH excluding ortho intramolecular Hbond substituents is 2. The van der Waals surface area contributed by atoms with E-state index in [9.17, 15) is 15.0 Å². The summed E-state index contributed by atoms with van der Waals surface area (Å²) in [6, 6.07) is 18.4. The van der Waals surface area contributed by atoms with Crippen LogP contribution in [0.2, 0.25) is 0 Å². The Labute approximate surface area is 121 Å². The fraction of sp³-hybridized carbons (Fsp3) is 0. The molecule has 3 rings (SSSR count). The molecule has 0 radical (unpaired) electrons. The van der Waals surface area contributed by atoms with Crippen molar-refractivity contribution in [2.24, 2.45) is 0 Å². The molecule has 0 fully saturated rings. The lowest BCUT2D eigenvalue weighted by atomic mass is 10.1. The molecule has 0 amide bonds. The number of carbonyl (C=O) groups is 1. The van der Waals surface area contributed by atoms with Gasteiger partial charge in [-0.1, -0.05) is 42.5 Å². The van der Waals surface area contributed by atoms with Crippen LogP contribution in [0.15, 0.2) is 66.7 Å². The highest BCUT2D eigenvalue weighted by atomic mass is 16.4. The van der Waals surface area contributed by atoms with E-state index < -0.39 is 5.97 Å². The van der Waals surface area contributed by atoms with Crippen molar-refractivity contribution in [2.45, 2.75) is 0 Å². The van der Waals surface area contributed by atoms with Crippen molar-refractivity contribution >= 4 is 16.7 Å². The molecule has 0 aliphatic heterocycles. The molecule has 4 heteroatoms. The quantitative estimate of drug-likeness (QED) is 0.595. The van der Waals surface area contributed by atoms with Gasteiger partial charge in [-0.15, -0.1) is 0 Å². The van der Waals surface area contributed by atoms with E-state index in [1.807, 2.05) is 12.1 Å². The van der Waals surface area contributed by atoms with Crippen LogP contribution in [0.25, 0.3) is 10.8 Å². The highest BCUT2D eigenvalue weighted by molar-refractivity contribution is 5.92. The maximum atomic E-state index is 10.2. The number of aromatic hydroxyl groups is 2. The van der Waals surface area contributed by atoms with Crippen LogP contribution >= 0.6 is 0 Å². The third-order valence-corrected chi connectivity index (χ3v) is 2.90. The molecule has 3 aromatic rings. The topological polar surface area (TPSA) is 77.8 Å². The molecule has 0 heterocycles. The first kappa shape index (κ1) is 14.4. The Morgan fingerprint density at radius 3 is 1.48 bits per heavy atom. The molecular weight excluding hydrogens is 268 g/mol. The van der Waals surface area contributed by atoms with E-state index in [-0.39, 0.29) is 11.5 Å². The van der Waals surface area contributed by atoms with Crippen molar-refractivity contribution < 1.29 is 20.1 Å². The van der Waals surface area contributed by atoms with Gasteiger partial charge in [0.2, 0.25) is 0 Å². The summed E-state index contributed by atoms with van der Waals surface area (Å²) in [4.78, 5) is 10.2. The van der Waals surface area contributed by atoms with Crippen molar-refractivity contribution in [1.29, 1.82) is 0 Å². The predicted octanol–water partition coefficient (Wildman–Crippen LogP) is 3.64. The molecule has 106 valence electrons. The number of benzene rings is 3. The molecule has 0 bridgehead atoms. The summed E-state index contributed by atoms with van der Waals surface area (Å²) < 4.78 is 0. The van der Waals surface area contributed by atoms with Crippen molar-refractivity contribution in [3.8, 4) is 11.5 Å². The number of hydrogen-bond acceptors (Lipinski definition) is 3. The van der Waals surface area contributed by atoms with E-state index in [4.69, 9.17) is 5.11 Å². The molecule has 0 spiro atoms. The van der Waals surface area contributed by atoms with Crippen LogP contribution in [0.3, 0.4) is 0 Å². The zero-order valence-electron chi connectivity index (χ0n) is 11.1. The van der Waals surface area contributed by atoms with Crippen molar-refractivity contribution in [2.75, 3.05) is 0 Å². The molecule has 0 atom stereocenters. The first-order valence-electron chi connectivity index (χ1n) is 6.27. The normalized spacial score (nSPS) is 9.71. The zero-order chi connectivity index (χ0) is 15.2. The smallest absolute Gasteiger partial charge is 0.335 e. The SMILES string of the molecule is O=C(O)c1ccccc1.Oc1ccc(O)c2ccccc12. The average molecular weight is 282 g/mol.